The molecule has 2 rings (SSSR count). The first kappa shape index (κ1) is 6.08. The van der Waals surface area contributed by atoms with Gasteiger partial charge in [-0.1, -0.05) is 0 Å². The summed E-state index contributed by atoms with van der Waals surface area (Å²) < 4.78 is 0. The van der Waals surface area contributed by atoms with Crippen molar-refractivity contribution in [3.8, 4) is 0 Å². The molecule has 0 fully saturated rings. The molecule has 1 aromatic carbocycles. The fourth-order valence-electron chi connectivity index (χ4n) is 0.700. The minimum atomic E-state index is 0.471. The van der Waals surface area contributed by atoms with Crippen LogP contribution in [0.15, 0.2) is 34.1 Å². The van der Waals surface area contributed by atoms with E-state index in [2.05, 4.69) is 24.3 Å². The molecule has 9 heavy (non-hydrogen) atoms. The Balaban J connectivity index is 2.63. The summed E-state index contributed by atoms with van der Waals surface area (Å²) in [5.74, 6) is 0. The Morgan fingerprint density at radius 2 is 2.22 bits per heavy atom. The van der Waals surface area contributed by atoms with Crippen LogP contribution < -0.4 is 0 Å². The van der Waals surface area contributed by atoms with E-state index in [1.54, 1.807) is 0 Å². The van der Waals surface area contributed by atoms with Gasteiger partial charge in [-0.15, -0.1) is 0 Å². The van der Waals surface area contributed by atoms with Crippen molar-refractivity contribution in [2.45, 2.75) is 9.79 Å². The van der Waals surface area contributed by atoms with Gasteiger partial charge < -0.3 is 0 Å². The van der Waals surface area contributed by atoms with Crippen molar-refractivity contribution >= 4 is 32.5 Å². The maximum atomic E-state index is 2.20. The summed E-state index contributed by atoms with van der Waals surface area (Å²) in [4.78, 5) is 2.98. The molecule has 0 saturated heterocycles. The zero-order valence-electron chi connectivity index (χ0n) is 4.57. The van der Waals surface area contributed by atoms with Crippen LogP contribution in [-0.2, 0) is 9.53 Å². The van der Waals surface area contributed by atoms with Crippen molar-refractivity contribution in [1.82, 2.24) is 0 Å². The molecule has 0 N–H and O–H groups in total. The molecule has 44 valence electrons. The van der Waals surface area contributed by atoms with Crippen molar-refractivity contribution in [2.75, 3.05) is 0 Å². The molecular formula is C6H4AsS2+. The van der Waals surface area contributed by atoms with Gasteiger partial charge in [0.15, 0.2) is 0 Å². The van der Waals surface area contributed by atoms with E-state index in [0.29, 0.717) is 12.9 Å². The second kappa shape index (κ2) is 2.53. The van der Waals surface area contributed by atoms with Crippen LogP contribution in [0.3, 0.4) is 0 Å². The average Bonchev–Trinajstić information content (AvgIpc) is 2.33. The molecule has 0 radical (unpaired) electrons. The van der Waals surface area contributed by atoms with Gasteiger partial charge in [-0.05, 0) is 0 Å². The molecule has 3 heteroatoms. The molecule has 0 unspecified atom stereocenters. The van der Waals surface area contributed by atoms with E-state index in [-0.39, 0.29) is 0 Å². The summed E-state index contributed by atoms with van der Waals surface area (Å²) in [6.45, 7) is 0. The number of hydrogen-bond donors (Lipinski definition) is 0. The van der Waals surface area contributed by atoms with Gasteiger partial charge in [0.25, 0.3) is 0 Å². The molecule has 0 bridgehead atoms. The quantitative estimate of drug-likeness (QED) is 0.469. The topological polar surface area (TPSA) is 0 Å². The molecular weight excluding hydrogens is 211 g/mol. The Bertz CT molecular complexity index is 257. The molecule has 0 nitrogen and oxygen atoms in total. The third kappa shape index (κ3) is 1.12. The molecule has 0 aromatic heterocycles. The number of fused-ring (bicyclic) bond motifs is 1. The Morgan fingerprint density at radius 1 is 1.33 bits per heavy atom. The number of benzene rings is 1. The fourth-order valence-corrected chi connectivity index (χ4v) is 8.88. The van der Waals surface area contributed by atoms with E-state index in [1.807, 2.05) is 19.5 Å². The predicted molar refractivity (Wildman–Crippen MR) is 43.7 cm³/mol. The van der Waals surface area contributed by atoms with Crippen LogP contribution in [0.5, 0.6) is 0 Å². The Hall–Kier alpha value is 0.348. The normalized spacial score (nSPS) is 15.6. The van der Waals surface area contributed by atoms with Gasteiger partial charge in [0.05, 0.1) is 0 Å². The summed E-state index contributed by atoms with van der Waals surface area (Å²) in [6, 6.07) is 8.63. The third-order valence-corrected chi connectivity index (χ3v) is 8.24. The van der Waals surface area contributed by atoms with Gasteiger partial charge in [-0.2, -0.15) is 0 Å². The molecule has 1 aliphatic rings. The number of hydrogen-bond acceptors (Lipinski definition) is 1. The molecule has 1 aromatic rings. The summed E-state index contributed by atoms with van der Waals surface area (Å²) >= 11 is 0.471. The second-order valence-electron chi connectivity index (χ2n) is 1.70. The van der Waals surface area contributed by atoms with E-state index >= 15 is 0 Å². The van der Waals surface area contributed by atoms with Crippen molar-refractivity contribution in [1.29, 1.82) is 0 Å². The monoisotopic (exact) mass is 215 g/mol. The predicted octanol–water partition coefficient (Wildman–Crippen LogP) is 1.77. The standard InChI is InChI=1S/C6H4AsS2/c1-2-4-6-5(3-1)8-7-9-6/h1-4H/q+1. The van der Waals surface area contributed by atoms with E-state index in [1.165, 1.54) is 9.79 Å². The van der Waals surface area contributed by atoms with Crippen LogP contribution in [0.4, 0.5) is 0 Å². The third-order valence-electron chi connectivity index (χ3n) is 1.12. The van der Waals surface area contributed by atoms with E-state index < -0.39 is 0 Å². The molecule has 0 amide bonds. The SMILES string of the molecule is c1ccc2c(c1)S[As]=[S+]2. The Kier molecular flexibility index (Phi) is 1.71. The minimum absolute atomic E-state index is 0.471. The Labute approximate surface area is 66.4 Å². The van der Waals surface area contributed by atoms with Crippen molar-refractivity contribution in [2.24, 2.45) is 0 Å². The van der Waals surface area contributed by atoms with Gasteiger partial charge in [0.2, 0.25) is 0 Å². The second-order valence-corrected chi connectivity index (χ2v) is 8.66. The maximum absolute atomic E-state index is 2.20. The van der Waals surface area contributed by atoms with Crippen molar-refractivity contribution in [3.05, 3.63) is 24.3 Å². The molecule has 0 spiro atoms. The summed E-state index contributed by atoms with van der Waals surface area (Å²) in [5, 5.41) is 0. The van der Waals surface area contributed by atoms with Crippen LogP contribution >= 0.6 is 10.0 Å². The van der Waals surface area contributed by atoms with Crippen LogP contribution in [0.25, 0.3) is 0 Å². The van der Waals surface area contributed by atoms with Crippen molar-refractivity contribution in [3.63, 3.8) is 0 Å². The summed E-state index contributed by atoms with van der Waals surface area (Å²) in [7, 11) is 4.05. The van der Waals surface area contributed by atoms with Gasteiger partial charge in [-0.3, -0.25) is 0 Å². The van der Waals surface area contributed by atoms with E-state index in [9.17, 15) is 0 Å². The van der Waals surface area contributed by atoms with E-state index in [0.717, 1.165) is 0 Å². The van der Waals surface area contributed by atoms with Gasteiger partial charge in [-0.25, -0.2) is 0 Å². The molecule has 1 heterocycles. The van der Waals surface area contributed by atoms with Crippen LogP contribution in [0, 0.1) is 0 Å². The van der Waals surface area contributed by atoms with E-state index in [4.69, 9.17) is 0 Å². The molecule has 0 saturated carbocycles. The van der Waals surface area contributed by atoms with Crippen molar-refractivity contribution < 1.29 is 0 Å². The van der Waals surface area contributed by atoms with Gasteiger partial charge in [0, 0.05) is 0 Å². The number of rotatable bonds is 0. The Morgan fingerprint density at radius 3 is 3.11 bits per heavy atom. The fraction of sp³-hybridized carbons (Fsp3) is 0. The molecule has 0 aliphatic carbocycles. The van der Waals surface area contributed by atoms with Gasteiger partial charge >= 0.3 is 66.5 Å². The van der Waals surface area contributed by atoms with Crippen LogP contribution in [0.2, 0.25) is 0 Å². The first-order valence-corrected chi connectivity index (χ1v) is 8.74. The first-order chi connectivity index (χ1) is 4.47. The van der Waals surface area contributed by atoms with Gasteiger partial charge in [0.1, 0.15) is 0 Å². The zero-order valence-corrected chi connectivity index (χ0v) is 8.08. The average molecular weight is 215 g/mol. The van der Waals surface area contributed by atoms with Crippen LogP contribution in [-0.4, -0.2) is 12.9 Å². The first-order valence-electron chi connectivity index (χ1n) is 2.60. The summed E-state index contributed by atoms with van der Waals surface area (Å²) in [5.41, 5.74) is 0. The zero-order chi connectivity index (χ0) is 6.10. The molecule has 0 atom stereocenters. The molecule has 1 aliphatic heterocycles. The van der Waals surface area contributed by atoms with Crippen LogP contribution in [0.1, 0.15) is 0 Å². The summed E-state index contributed by atoms with van der Waals surface area (Å²) in [6.07, 6.45) is 0.